The zero-order valence-electron chi connectivity index (χ0n) is 7.99. The topological polar surface area (TPSA) is 141 Å². The maximum Gasteiger partial charge on any atom is 0.358 e. The van der Waals surface area contributed by atoms with Crippen LogP contribution in [0.3, 0.4) is 0 Å². The van der Waals surface area contributed by atoms with Gasteiger partial charge in [0.2, 0.25) is 0 Å². The van der Waals surface area contributed by atoms with E-state index < -0.39 is 12.0 Å². The van der Waals surface area contributed by atoms with E-state index in [0.29, 0.717) is 18.9 Å². The summed E-state index contributed by atoms with van der Waals surface area (Å²) in [6.45, 7) is 0.641. The molecule has 0 fully saturated rings. The highest BCUT2D eigenvalue weighted by atomic mass is 16.4. The molecule has 9 N–H and O–H groups in total. The van der Waals surface area contributed by atoms with Crippen molar-refractivity contribution in [3.8, 4) is 0 Å². The molecule has 0 aromatic carbocycles. The van der Waals surface area contributed by atoms with Gasteiger partial charge in [0, 0.05) is 0 Å². The lowest BCUT2D eigenvalue weighted by Crippen LogP contribution is -2.79. The van der Waals surface area contributed by atoms with Gasteiger partial charge in [0.15, 0.2) is 0 Å². The predicted octanol–water partition coefficient (Wildman–Crippen LogP) is -3.57. The minimum absolute atomic E-state index is 0.299. The molecule has 0 aliphatic carbocycles. The van der Waals surface area contributed by atoms with Crippen molar-refractivity contribution in [2.24, 2.45) is 17.3 Å². The molecule has 0 aromatic heterocycles. The van der Waals surface area contributed by atoms with Crippen LogP contribution in [0.1, 0.15) is 19.3 Å². The summed E-state index contributed by atoms with van der Waals surface area (Å²) < 4.78 is 0. The van der Waals surface area contributed by atoms with Gasteiger partial charge < -0.3 is 10.8 Å². The Morgan fingerprint density at radius 1 is 1.50 bits per heavy atom. The molecular weight excluding hydrogens is 186 g/mol. The van der Waals surface area contributed by atoms with E-state index in [0.717, 1.165) is 12.8 Å². The lowest BCUT2D eigenvalue weighted by Gasteiger charge is -2.03. The lowest BCUT2D eigenvalue weighted by atomic mass is 10.1. The maximum absolute atomic E-state index is 10.3. The summed E-state index contributed by atoms with van der Waals surface area (Å²) in [6.07, 6.45) is 1.99. The van der Waals surface area contributed by atoms with Crippen molar-refractivity contribution >= 4 is 11.9 Å². The molecule has 0 saturated carbocycles. The van der Waals surface area contributed by atoms with Crippen molar-refractivity contribution < 1.29 is 14.9 Å². The van der Waals surface area contributed by atoms with Gasteiger partial charge in [0.05, 0.1) is 6.54 Å². The van der Waals surface area contributed by atoms with Crippen molar-refractivity contribution in [1.29, 1.82) is 0 Å². The Morgan fingerprint density at radius 3 is 2.64 bits per heavy atom. The van der Waals surface area contributed by atoms with Gasteiger partial charge in [-0.15, -0.1) is 0 Å². The van der Waals surface area contributed by atoms with Crippen LogP contribution in [-0.4, -0.2) is 29.6 Å². The van der Waals surface area contributed by atoms with Crippen molar-refractivity contribution in [1.82, 2.24) is 5.43 Å². The first-order valence-corrected chi connectivity index (χ1v) is 4.39. The minimum atomic E-state index is -0.965. The number of carbonyl (C=O) groups is 1. The molecule has 0 aliphatic heterocycles. The Labute approximate surface area is 82.3 Å². The third-order valence-electron chi connectivity index (χ3n) is 1.73. The molecule has 0 amide bonds. The minimum Gasteiger partial charge on any atom is -0.480 e. The fourth-order valence-corrected chi connectivity index (χ4v) is 0.887. The molecule has 0 radical (unpaired) electrons. The molecule has 0 aromatic rings. The largest absolute Gasteiger partial charge is 0.480 e. The highest BCUT2D eigenvalue weighted by molar-refractivity contribution is 5.72. The first-order chi connectivity index (χ1) is 6.57. The summed E-state index contributed by atoms with van der Waals surface area (Å²) in [5, 5.41) is 8.47. The van der Waals surface area contributed by atoms with Crippen molar-refractivity contribution in [3.05, 3.63) is 0 Å². The van der Waals surface area contributed by atoms with Crippen LogP contribution in [0.5, 0.6) is 0 Å². The average molecular weight is 204 g/mol. The van der Waals surface area contributed by atoms with E-state index in [-0.39, 0.29) is 0 Å². The Balaban J connectivity index is 3.43. The monoisotopic (exact) mass is 204 g/mol. The van der Waals surface area contributed by atoms with Gasteiger partial charge >= 0.3 is 11.9 Å². The van der Waals surface area contributed by atoms with Crippen LogP contribution in [0, 0.1) is 0 Å². The van der Waals surface area contributed by atoms with E-state index >= 15 is 0 Å². The number of nitrogens with one attached hydrogen (secondary N) is 2. The molecule has 0 spiro atoms. The van der Waals surface area contributed by atoms with Gasteiger partial charge in [0.1, 0.15) is 6.04 Å². The number of carboxylic acid groups (broad SMARTS) is 1. The summed E-state index contributed by atoms with van der Waals surface area (Å²) in [4.78, 5) is 13.1. The molecule has 0 rings (SSSR count). The number of hydrogen-bond acceptors (Lipinski definition) is 3. The van der Waals surface area contributed by atoms with Gasteiger partial charge in [-0.25, -0.2) is 5.43 Å². The summed E-state index contributed by atoms with van der Waals surface area (Å²) in [7, 11) is 0. The molecular formula is C7H18N5O2+. The highest BCUT2D eigenvalue weighted by Gasteiger charge is 2.09. The maximum atomic E-state index is 10.3. The Bertz CT molecular complexity index is 206. The summed E-state index contributed by atoms with van der Waals surface area (Å²) in [5.74, 6) is 4.34. The van der Waals surface area contributed by atoms with E-state index in [1.807, 2.05) is 0 Å². The number of guanidine groups is 1. The molecule has 0 saturated heterocycles. The second-order valence-corrected chi connectivity index (χ2v) is 2.93. The first kappa shape index (κ1) is 12.7. The molecule has 1 unspecified atom stereocenters. The number of unbranched alkanes of at least 4 members (excludes halogenated alkanes) is 1. The fourth-order valence-electron chi connectivity index (χ4n) is 0.887. The molecule has 7 heteroatoms. The third-order valence-corrected chi connectivity index (χ3v) is 1.73. The molecule has 0 aliphatic rings. The number of nitrogens with two attached hydrogens (primary N) is 3. The molecule has 1 atom stereocenters. The van der Waals surface area contributed by atoms with Crippen LogP contribution in [0.25, 0.3) is 0 Å². The molecule has 0 heterocycles. The summed E-state index contributed by atoms with van der Waals surface area (Å²) >= 11 is 0. The number of aliphatic carboxylic acids is 1. The summed E-state index contributed by atoms with van der Waals surface area (Å²) in [6, 6.07) is -0.774. The van der Waals surface area contributed by atoms with E-state index in [2.05, 4.69) is 10.4 Å². The number of hydrazine groups is 1. The van der Waals surface area contributed by atoms with Crippen LogP contribution in [0.15, 0.2) is 0 Å². The second-order valence-electron chi connectivity index (χ2n) is 2.93. The lowest BCUT2D eigenvalue weighted by molar-refractivity contribution is -0.461. The van der Waals surface area contributed by atoms with E-state index in [1.54, 1.807) is 0 Å². The van der Waals surface area contributed by atoms with Gasteiger partial charge in [-0.2, -0.15) is 5.84 Å². The van der Waals surface area contributed by atoms with E-state index in [4.69, 9.17) is 22.4 Å². The highest BCUT2D eigenvalue weighted by Crippen LogP contribution is 1.96. The van der Waals surface area contributed by atoms with E-state index in [1.165, 1.54) is 0 Å². The van der Waals surface area contributed by atoms with Gasteiger partial charge in [-0.1, -0.05) is 0 Å². The van der Waals surface area contributed by atoms with Crippen molar-refractivity contribution in [2.75, 3.05) is 6.54 Å². The quantitative estimate of drug-likeness (QED) is 0.0868. The second kappa shape index (κ2) is 7.10. The van der Waals surface area contributed by atoms with Crippen LogP contribution in [0.2, 0.25) is 0 Å². The molecule has 7 nitrogen and oxygen atoms in total. The van der Waals surface area contributed by atoms with Crippen LogP contribution >= 0.6 is 0 Å². The van der Waals surface area contributed by atoms with Gasteiger partial charge in [0.25, 0.3) is 0 Å². The van der Waals surface area contributed by atoms with Crippen molar-refractivity contribution in [3.63, 3.8) is 0 Å². The third kappa shape index (κ3) is 6.21. The first-order valence-electron chi connectivity index (χ1n) is 4.39. The SMILES string of the molecule is NNC(N)=[NH+]CCCCC(N)C(=O)O. The molecule has 0 bridgehead atoms. The summed E-state index contributed by atoms with van der Waals surface area (Å²) in [5.41, 5.74) is 12.9. The van der Waals surface area contributed by atoms with Crippen LogP contribution in [-0.2, 0) is 4.79 Å². The number of rotatable bonds is 6. The Kier molecular flexibility index (Phi) is 6.42. The number of carboxylic acids is 1. The molecule has 82 valence electrons. The molecule has 14 heavy (non-hydrogen) atoms. The van der Waals surface area contributed by atoms with Crippen LogP contribution < -0.4 is 27.7 Å². The van der Waals surface area contributed by atoms with Gasteiger partial charge in [-0.05, 0) is 19.3 Å². The normalized spacial score (nSPS) is 13.7. The average Bonchev–Trinajstić information content (AvgIpc) is 2.16. The van der Waals surface area contributed by atoms with Crippen molar-refractivity contribution in [2.45, 2.75) is 25.3 Å². The zero-order chi connectivity index (χ0) is 11.0. The standard InChI is InChI=1S/C7H17N5O2/c8-5(6(13)14)3-1-2-4-11-7(9)12-10/h5H,1-4,8,10H2,(H,13,14)(H3,9,11,12)/p+1. The Hall–Kier alpha value is -1.34. The fraction of sp³-hybridized carbons (Fsp3) is 0.714. The predicted molar refractivity (Wildman–Crippen MR) is 51.8 cm³/mol. The Morgan fingerprint density at radius 2 is 2.14 bits per heavy atom. The van der Waals surface area contributed by atoms with Crippen LogP contribution in [0.4, 0.5) is 0 Å². The smallest absolute Gasteiger partial charge is 0.358 e. The van der Waals surface area contributed by atoms with Gasteiger partial charge in [-0.3, -0.25) is 15.5 Å². The zero-order valence-corrected chi connectivity index (χ0v) is 7.99. The van der Waals surface area contributed by atoms with E-state index in [9.17, 15) is 4.79 Å². The number of hydrogen-bond donors (Lipinski definition) is 6.